The number of hydrogen-bond donors (Lipinski definition) is 1. The van der Waals surface area contributed by atoms with Gasteiger partial charge in [-0.1, -0.05) is 0 Å². The lowest BCUT2D eigenvalue weighted by molar-refractivity contribution is -0.385. The molecular weight excluding hydrogens is 226 g/mol. The second-order valence-electron chi connectivity index (χ2n) is 3.66. The molecule has 1 aliphatic heterocycles. The zero-order valence-corrected chi connectivity index (χ0v) is 9.20. The van der Waals surface area contributed by atoms with Crippen LogP contribution in [-0.2, 0) is 11.3 Å². The van der Waals surface area contributed by atoms with Crippen LogP contribution < -0.4 is 4.90 Å². The maximum Gasteiger partial charge on any atom is 0.317 e. The first-order valence-corrected chi connectivity index (χ1v) is 5.30. The fourth-order valence-electron chi connectivity index (χ4n) is 1.81. The highest BCUT2D eigenvalue weighted by Gasteiger charge is 2.25. The van der Waals surface area contributed by atoms with E-state index in [0.29, 0.717) is 32.1 Å². The average molecular weight is 239 g/mol. The molecule has 7 heteroatoms. The van der Waals surface area contributed by atoms with Gasteiger partial charge in [-0.3, -0.25) is 10.1 Å². The molecule has 0 aromatic carbocycles. The Bertz CT molecular complexity index is 418. The van der Waals surface area contributed by atoms with Crippen molar-refractivity contribution in [1.82, 2.24) is 4.98 Å². The first-order valence-electron chi connectivity index (χ1n) is 5.30. The summed E-state index contributed by atoms with van der Waals surface area (Å²) in [7, 11) is 0. The molecule has 17 heavy (non-hydrogen) atoms. The number of anilines is 1. The number of ether oxygens (including phenoxy) is 1. The van der Waals surface area contributed by atoms with Gasteiger partial charge in [0.1, 0.15) is 0 Å². The van der Waals surface area contributed by atoms with E-state index in [1.807, 2.05) is 0 Å². The fraction of sp³-hybridized carbons (Fsp3) is 0.500. The van der Waals surface area contributed by atoms with E-state index in [4.69, 9.17) is 9.84 Å². The molecule has 1 aromatic rings. The molecule has 0 aliphatic carbocycles. The van der Waals surface area contributed by atoms with Gasteiger partial charge < -0.3 is 14.7 Å². The third kappa shape index (κ3) is 2.34. The quantitative estimate of drug-likeness (QED) is 0.603. The molecule has 92 valence electrons. The Morgan fingerprint density at radius 3 is 2.82 bits per heavy atom. The Kier molecular flexibility index (Phi) is 3.50. The van der Waals surface area contributed by atoms with Crippen molar-refractivity contribution in [2.45, 2.75) is 6.61 Å². The Balaban J connectivity index is 2.40. The Morgan fingerprint density at radius 2 is 2.24 bits per heavy atom. The van der Waals surface area contributed by atoms with Gasteiger partial charge in [-0.2, -0.15) is 0 Å². The van der Waals surface area contributed by atoms with E-state index in [1.54, 1.807) is 4.90 Å². The molecule has 1 fully saturated rings. The molecule has 0 spiro atoms. The van der Waals surface area contributed by atoms with E-state index >= 15 is 0 Å². The van der Waals surface area contributed by atoms with Crippen molar-refractivity contribution in [2.75, 3.05) is 31.2 Å². The van der Waals surface area contributed by atoms with E-state index in [2.05, 4.69) is 4.98 Å². The average Bonchev–Trinajstić information content (AvgIpc) is 2.38. The molecule has 1 aliphatic rings. The number of nitrogens with zero attached hydrogens (tertiary/aromatic N) is 3. The van der Waals surface area contributed by atoms with Crippen LogP contribution in [0.4, 0.5) is 11.5 Å². The predicted molar refractivity (Wildman–Crippen MR) is 59.8 cm³/mol. The minimum atomic E-state index is -0.497. The Labute approximate surface area is 97.8 Å². The number of rotatable bonds is 3. The first kappa shape index (κ1) is 11.7. The number of aliphatic hydroxyl groups is 1. The SMILES string of the molecule is O=[N+]([O-])c1c(CO)ccnc1N1CCOCC1. The highest BCUT2D eigenvalue weighted by molar-refractivity contribution is 5.61. The monoisotopic (exact) mass is 239 g/mol. The summed E-state index contributed by atoms with van der Waals surface area (Å²) >= 11 is 0. The lowest BCUT2D eigenvalue weighted by Crippen LogP contribution is -2.37. The summed E-state index contributed by atoms with van der Waals surface area (Å²) in [6, 6.07) is 1.46. The number of pyridine rings is 1. The standard InChI is InChI=1S/C10H13N3O4/c14-7-8-1-2-11-10(9(8)13(15)16)12-3-5-17-6-4-12/h1-2,14H,3-7H2. The summed E-state index contributed by atoms with van der Waals surface area (Å²) < 4.78 is 5.19. The molecule has 2 rings (SSSR count). The highest BCUT2D eigenvalue weighted by atomic mass is 16.6. The molecule has 1 N–H and O–H groups in total. The topological polar surface area (TPSA) is 88.7 Å². The van der Waals surface area contributed by atoms with Crippen molar-refractivity contribution < 1.29 is 14.8 Å². The maximum absolute atomic E-state index is 11.0. The highest BCUT2D eigenvalue weighted by Crippen LogP contribution is 2.29. The van der Waals surface area contributed by atoms with Crippen LogP contribution in [-0.4, -0.2) is 41.3 Å². The van der Waals surface area contributed by atoms with Crippen molar-refractivity contribution in [3.63, 3.8) is 0 Å². The van der Waals surface area contributed by atoms with Gasteiger partial charge in [0, 0.05) is 19.3 Å². The summed E-state index contributed by atoms with van der Waals surface area (Å²) in [5.41, 5.74) is 0.170. The van der Waals surface area contributed by atoms with E-state index in [-0.39, 0.29) is 17.9 Å². The molecule has 0 saturated carbocycles. The number of aliphatic hydroxyl groups excluding tert-OH is 1. The Hall–Kier alpha value is -1.73. The minimum absolute atomic E-state index is 0.114. The third-order valence-electron chi connectivity index (χ3n) is 2.65. The van der Waals surface area contributed by atoms with Gasteiger partial charge in [0.25, 0.3) is 0 Å². The third-order valence-corrected chi connectivity index (χ3v) is 2.65. The van der Waals surface area contributed by atoms with Crippen molar-refractivity contribution in [3.8, 4) is 0 Å². The summed E-state index contributed by atoms with van der Waals surface area (Å²) in [6.45, 7) is 1.84. The minimum Gasteiger partial charge on any atom is -0.391 e. The van der Waals surface area contributed by atoms with Gasteiger partial charge in [-0.15, -0.1) is 0 Å². The molecular formula is C10H13N3O4. The van der Waals surface area contributed by atoms with Crippen LogP contribution in [0.3, 0.4) is 0 Å². The zero-order chi connectivity index (χ0) is 12.3. The molecule has 0 radical (unpaired) electrons. The predicted octanol–water partition coefficient (Wildman–Crippen LogP) is 0.319. The molecule has 0 atom stereocenters. The Morgan fingerprint density at radius 1 is 1.53 bits per heavy atom. The summed E-state index contributed by atoms with van der Waals surface area (Å²) in [6.07, 6.45) is 1.48. The second-order valence-corrected chi connectivity index (χ2v) is 3.66. The van der Waals surface area contributed by atoms with Gasteiger partial charge in [0.15, 0.2) is 0 Å². The lowest BCUT2D eigenvalue weighted by Gasteiger charge is -2.27. The molecule has 0 amide bonds. The molecule has 0 unspecified atom stereocenters. The van der Waals surface area contributed by atoms with Crippen LogP contribution in [0.1, 0.15) is 5.56 Å². The van der Waals surface area contributed by atoms with Crippen LogP contribution in [0.2, 0.25) is 0 Å². The van der Waals surface area contributed by atoms with Gasteiger partial charge in [0.2, 0.25) is 5.82 Å². The van der Waals surface area contributed by atoms with Gasteiger partial charge in [-0.05, 0) is 6.07 Å². The van der Waals surface area contributed by atoms with Crippen molar-refractivity contribution >= 4 is 11.5 Å². The number of morpholine rings is 1. The van der Waals surface area contributed by atoms with Crippen molar-refractivity contribution in [1.29, 1.82) is 0 Å². The van der Waals surface area contributed by atoms with E-state index < -0.39 is 4.92 Å². The molecule has 7 nitrogen and oxygen atoms in total. The smallest absolute Gasteiger partial charge is 0.317 e. The summed E-state index contributed by atoms with van der Waals surface area (Å²) in [5.74, 6) is 0.310. The number of nitro groups is 1. The fourth-order valence-corrected chi connectivity index (χ4v) is 1.81. The summed E-state index contributed by atoms with van der Waals surface area (Å²) in [5, 5.41) is 20.2. The largest absolute Gasteiger partial charge is 0.391 e. The zero-order valence-electron chi connectivity index (χ0n) is 9.20. The van der Waals surface area contributed by atoms with E-state index in [0.717, 1.165) is 0 Å². The normalized spacial score (nSPS) is 15.9. The lowest BCUT2D eigenvalue weighted by atomic mass is 10.2. The van der Waals surface area contributed by atoms with E-state index in [9.17, 15) is 10.1 Å². The van der Waals surface area contributed by atoms with E-state index in [1.165, 1.54) is 12.3 Å². The van der Waals surface area contributed by atoms with Crippen molar-refractivity contribution in [3.05, 3.63) is 27.9 Å². The first-order chi connectivity index (χ1) is 8.24. The molecule has 0 bridgehead atoms. The molecule has 1 saturated heterocycles. The van der Waals surface area contributed by atoms with Gasteiger partial charge in [-0.25, -0.2) is 4.98 Å². The van der Waals surface area contributed by atoms with Crippen LogP contribution in [0.25, 0.3) is 0 Å². The number of hydrogen-bond acceptors (Lipinski definition) is 6. The van der Waals surface area contributed by atoms with Crippen molar-refractivity contribution in [2.24, 2.45) is 0 Å². The van der Waals surface area contributed by atoms with Gasteiger partial charge >= 0.3 is 5.69 Å². The van der Waals surface area contributed by atoms with Crippen LogP contribution in [0, 0.1) is 10.1 Å². The van der Waals surface area contributed by atoms with Gasteiger partial charge in [0.05, 0.1) is 30.3 Å². The van der Waals surface area contributed by atoms with Crippen LogP contribution in [0.15, 0.2) is 12.3 Å². The van der Waals surface area contributed by atoms with Crippen LogP contribution in [0.5, 0.6) is 0 Å². The number of aromatic nitrogens is 1. The molecule has 1 aromatic heterocycles. The van der Waals surface area contributed by atoms with Crippen LogP contribution >= 0.6 is 0 Å². The summed E-state index contributed by atoms with van der Waals surface area (Å²) in [4.78, 5) is 16.4. The second kappa shape index (κ2) is 5.07. The molecule has 2 heterocycles. The maximum atomic E-state index is 11.0.